The third-order valence-electron chi connectivity index (χ3n) is 5.40. The minimum atomic E-state index is -0.330. The highest BCUT2D eigenvalue weighted by Crippen LogP contribution is 2.35. The lowest BCUT2D eigenvalue weighted by Gasteiger charge is -2.15. The predicted octanol–water partition coefficient (Wildman–Crippen LogP) is 4.74. The minimum absolute atomic E-state index is 0.273. The van der Waals surface area contributed by atoms with Gasteiger partial charge < -0.3 is 5.32 Å². The van der Waals surface area contributed by atoms with Gasteiger partial charge in [-0.2, -0.15) is 0 Å². The largest absolute Gasteiger partial charge is 0.350 e. The molecule has 3 aromatic rings. The Morgan fingerprint density at radius 3 is 2.27 bits per heavy atom. The van der Waals surface area contributed by atoms with Gasteiger partial charge >= 0.3 is 0 Å². The molecule has 0 fully saturated rings. The fourth-order valence-electron chi connectivity index (χ4n) is 3.68. The van der Waals surface area contributed by atoms with E-state index in [0.29, 0.717) is 23.0 Å². The molecule has 33 heavy (non-hydrogen) atoms. The number of hydrogen-bond acceptors (Lipinski definition) is 6. The highest BCUT2D eigenvalue weighted by Gasteiger charge is 2.39. The maximum atomic E-state index is 13.4. The van der Waals surface area contributed by atoms with E-state index >= 15 is 0 Å². The molecule has 0 aliphatic carbocycles. The van der Waals surface area contributed by atoms with Crippen molar-refractivity contribution < 1.29 is 9.59 Å². The van der Waals surface area contributed by atoms with Crippen molar-refractivity contribution in [2.75, 3.05) is 11.9 Å². The van der Waals surface area contributed by atoms with E-state index in [-0.39, 0.29) is 17.5 Å². The first-order valence-corrected chi connectivity index (χ1v) is 11.6. The Morgan fingerprint density at radius 1 is 0.879 bits per heavy atom. The highest BCUT2D eigenvalue weighted by atomic mass is 32.2. The molecular weight excluding hydrogens is 432 g/mol. The van der Waals surface area contributed by atoms with Gasteiger partial charge in [-0.05, 0) is 74.7 Å². The standard InChI is InChI=1S/C26H26N4O2S/c1-16-10-11-17(2)21(14-16)29-22-23(33-26-27-18(3)15-19(4)28-26)25(32)30(24(22)31)13-12-20-8-6-5-7-9-20/h5-11,14-15,29H,12-13H2,1-4H3. The summed E-state index contributed by atoms with van der Waals surface area (Å²) in [6.07, 6.45) is 0.590. The van der Waals surface area contributed by atoms with Crippen LogP contribution in [0.1, 0.15) is 28.1 Å². The number of nitrogens with zero attached hydrogens (tertiary/aromatic N) is 3. The molecule has 6 nitrogen and oxygen atoms in total. The molecule has 0 unspecified atom stereocenters. The predicted molar refractivity (Wildman–Crippen MR) is 131 cm³/mol. The summed E-state index contributed by atoms with van der Waals surface area (Å²) in [6, 6.07) is 17.7. The van der Waals surface area contributed by atoms with Crippen molar-refractivity contribution in [2.24, 2.45) is 0 Å². The monoisotopic (exact) mass is 458 g/mol. The van der Waals surface area contributed by atoms with E-state index in [1.54, 1.807) is 0 Å². The number of carbonyl (C=O) groups is 2. The second kappa shape index (κ2) is 9.58. The van der Waals surface area contributed by atoms with Crippen LogP contribution in [0.2, 0.25) is 0 Å². The number of nitrogens with one attached hydrogen (secondary N) is 1. The topological polar surface area (TPSA) is 75.2 Å². The molecule has 1 aliphatic rings. The summed E-state index contributed by atoms with van der Waals surface area (Å²) in [7, 11) is 0. The van der Waals surface area contributed by atoms with Gasteiger partial charge in [0.05, 0.1) is 0 Å². The third kappa shape index (κ3) is 5.14. The lowest BCUT2D eigenvalue weighted by atomic mass is 10.1. The van der Waals surface area contributed by atoms with Gasteiger partial charge in [-0.3, -0.25) is 14.5 Å². The summed E-state index contributed by atoms with van der Waals surface area (Å²) in [5.74, 6) is -0.653. The van der Waals surface area contributed by atoms with Crippen LogP contribution >= 0.6 is 11.8 Å². The van der Waals surface area contributed by atoms with E-state index in [9.17, 15) is 9.59 Å². The Labute approximate surface area is 198 Å². The smallest absolute Gasteiger partial charge is 0.278 e. The van der Waals surface area contributed by atoms with E-state index in [1.807, 2.05) is 82.3 Å². The Hall–Kier alpha value is -3.45. The van der Waals surface area contributed by atoms with Crippen LogP contribution < -0.4 is 5.32 Å². The molecule has 168 valence electrons. The molecule has 0 atom stereocenters. The number of aryl methyl sites for hydroxylation is 4. The van der Waals surface area contributed by atoms with E-state index < -0.39 is 0 Å². The van der Waals surface area contributed by atoms with Gasteiger partial charge in [0.15, 0.2) is 5.16 Å². The molecule has 2 aromatic carbocycles. The summed E-state index contributed by atoms with van der Waals surface area (Å²) in [5, 5.41) is 3.70. The molecule has 1 N–H and O–H groups in total. The molecule has 1 aromatic heterocycles. The second-order valence-electron chi connectivity index (χ2n) is 8.18. The van der Waals surface area contributed by atoms with Crippen molar-refractivity contribution in [1.29, 1.82) is 0 Å². The zero-order valence-electron chi connectivity index (χ0n) is 19.2. The molecule has 0 saturated carbocycles. The van der Waals surface area contributed by atoms with E-state index in [2.05, 4.69) is 15.3 Å². The van der Waals surface area contributed by atoms with Crippen LogP contribution in [0.5, 0.6) is 0 Å². The lowest BCUT2D eigenvalue weighted by Crippen LogP contribution is -2.34. The summed E-state index contributed by atoms with van der Waals surface area (Å²) in [4.78, 5) is 37.3. The zero-order chi connectivity index (χ0) is 23.5. The maximum absolute atomic E-state index is 13.4. The molecule has 1 aliphatic heterocycles. The van der Waals surface area contributed by atoms with Gasteiger partial charge in [0.2, 0.25) is 0 Å². The molecule has 0 radical (unpaired) electrons. The number of carbonyl (C=O) groups excluding carboxylic acids is 2. The molecule has 4 rings (SSSR count). The number of thioether (sulfide) groups is 1. The van der Waals surface area contributed by atoms with Crippen molar-refractivity contribution in [2.45, 2.75) is 39.3 Å². The van der Waals surface area contributed by atoms with Crippen molar-refractivity contribution in [3.05, 3.63) is 93.3 Å². The number of rotatable bonds is 7. The average Bonchev–Trinajstić information content (AvgIpc) is 2.98. The van der Waals surface area contributed by atoms with Crippen LogP contribution in [0.3, 0.4) is 0 Å². The Kier molecular flexibility index (Phi) is 6.60. The number of benzene rings is 2. The molecule has 2 heterocycles. The van der Waals surface area contributed by atoms with Crippen LogP contribution in [0.4, 0.5) is 5.69 Å². The second-order valence-corrected chi connectivity index (χ2v) is 9.16. The number of anilines is 1. The third-order valence-corrected chi connectivity index (χ3v) is 6.35. The Morgan fingerprint density at radius 2 is 1.58 bits per heavy atom. The quantitative estimate of drug-likeness (QED) is 0.407. The highest BCUT2D eigenvalue weighted by molar-refractivity contribution is 8.04. The molecule has 0 bridgehead atoms. The molecule has 0 saturated heterocycles. The minimum Gasteiger partial charge on any atom is -0.350 e. The van der Waals surface area contributed by atoms with Crippen molar-refractivity contribution in [3.63, 3.8) is 0 Å². The molecular formula is C26H26N4O2S. The van der Waals surface area contributed by atoms with E-state index in [1.165, 1.54) is 4.90 Å². The molecule has 0 spiro atoms. The Bertz CT molecular complexity index is 1230. The van der Waals surface area contributed by atoms with Crippen LogP contribution in [-0.4, -0.2) is 33.2 Å². The maximum Gasteiger partial charge on any atom is 0.278 e. The SMILES string of the molecule is Cc1ccc(C)c(NC2=C(Sc3nc(C)cc(C)n3)C(=O)N(CCc3ccccc3)C2=O)c1. The Balaban J connectivity index is 1.67. The van der Waals surface area contributed by atoms with Crippen molar-refractivity contribution in [1.82, 2.24) is 14.9 Å². The number of hydrogen-bond donors (Lipinski definition) is 1. The lowest BCUT2D eigenvalue weighted by molar-refractivity contribution is -0.137. The molecule has 7 heteroatoms. The zero-order valence-corrected chi connectivity index (χ0v) is 20.0. The van der Waals surface area contributed by atoms with Crippen molar-refractivity contribution in [3.8, 4) is 0 Å². The first kappa shape index (κ1) is 22.7. The normalized spacial score (nSPS) is 13.8. The fourth-order valence-corrected chi connectivity index (χ4v) is 4.68. The first-order chi connectivity index (χ1) is 15.8. The van der Waals surface area contributed by atoms with Crippen LogP contribution in [0.25, 0.3) is 0 Å². The van der Waals surface area contributed by atoms with Crippen molar-refractivity contribution >= 4 is 29.3 Å². The van der Waals surface area contributed by atoms with E-state index in [4.69, 9.17) is 0 Å². The van der Waals surface area contributed by atoms with Gasteiger partial charge in [0.25, 0.3) is 11.8 Å². The number of amides is 2. The van der Waals surface area contributed by atoms with Crippen LogP contribution in [0.15, 0.2) is 70.4 Å². The van der Waals surface area contributed by atoms with Gasteiger partial charge in [0.1, 0.15) is 10.6 Å². The van der Waals surface area contributed by atoms with Gasteiger partial charge in [0, 0.05) is 23.6 Å². The number of aromatic nitrogens is 2. The number of imide groups is 1. The fraction of sp³-hybridized carbons (Fsp3) is 0.231. The summed E-state index contributed by atoms with van der Waals surface area (Å²) in [6.45, 7) is 8.03. The first-order valence-electron chi connectivity index (χ1n) is 10.8. The summed E-state index contributed by atoms with van der Waals surface area (Å²) >= 11 is 1.14. The van der Waals surface area contributed by atoms with Gasteiger partial charge in [-0.1, -0.05) is 42.5 Å². The van der Waals surface area contributed by atoms with Crippen LogP contribution in [-0.2, 0) is 16.0 Å². The van der Waals surface area contributed by atoms with Crippen LogP contribution in [0, 0.1) is 27.7 Å². The summed E-state index contributed by atoms with van der Waals surface area (Å²) < 4.78 is 0. The average molecular weight is 459 g/mol. The molecule has 2 amide bonds. The van der Waals surface area contributed by atoms with E-state index in [0.717, 1.165) is 45.5 Å². The summed E-state index contributed by atoms with van der Waals surface area (Å²) in [5.41, 5.74) is 5.82. The van der Waals surface area contributed by atoms with Gasteiger partial charge in [-0.15, -0.1) is 0 Å². The van der Waals surface area contributed by atoms with Gasteiger partial charge in [-0.25, -0.2) is 9.97 Å².